The number of pyridine rings is 1. The van der Waals surface area contributed by atoms with Gasteiger partial charge in [-0.05, 0) is 61.0 Å². The molecular formula is C27H24N2O5. The van der Waals surface area contributed by atoms with Crippen molar-refractivity contribution in [2.45, 2.75) is 13.0 Å². The SMILES string of the molecule is C=CCOc1ccc(/C(O)=C2\C(=O)C(=O)N(c3ccccn3)C2c2ccc(OCC)cc2)cc1. The van der Waals surface area contributed by atoms with E-state index < -0.39 is 17.7 Å². The smallest absolute Gasteiger partial charge is 0.301 e. The fourth-order valence-electron chi connectivity index (χ4n) is 3.81. The molecule has 7 heteroatoms. The van der Waals surface area contributed by atoms with Crippen LogP contribution >= 0.6 is 0 Å². The highest BCUT2D eigenvalue weighted by atomic mass is 16.5. The van der Waals surface area contributed by atoms with E-state index in [-0.39, 0.29) is 11.3 Å². The summed E-state index contributed by atoms with van der Waals surface area (Å²) in [5.74, 6) is -0.245. The number of aromatic nitrogens is 1. The number of nitrogens with zero attached hydrogens (tertiary/aromatic N) is 2. The van der Waals surface area contributed by atoms with Crippen LogP contribution in [0.15, 0.2) is 91.2 Å². The van der Waals surface area contributed by atoms with Crippen LogP contribution < -0.4 is 14.4 Å². The van der Waals surface area contributed by atoms with Gasteiger partial charge in [-0.3, -0.25) is 14.5 Å². The minimum atomic E-state index is -0.859. The van der Waals surface area contributed by atoms with Gasteiger partial charge in [0.1, 0.15) is 29.7 Å². The average molecular weight is 456 g/mol. The van der Waals surface area contributed by atoms with Gasteiger partial charge < -0.3 is 14.6 Å². The zero-order chi connectivity index (χ0) is 24.1. The molecule has 1 atom stereocenters. The largest absolute Gasteiger partial charge is 0.507 e. The highest BCUT2D eigenvalue weighted by Crippen LogP contribution is 2.41. The molecule has 1 unspecified atom stereocenters. The Morgan fingerprint density at radius 2 is 1.71 bits per heavy atom. The highest BCUT2D eigenvalue weighted by Gasteiger charge is 2.47. The molecule has 172 valence electrons. The van der Waals surface area contributed by atoms with Gasteiger partial charge in [0.15, 0.2) is 0 Å². The van der Waals surface area contributed by atoms with Gasteiger partial charge in [-0.15, -0.1) is 0 Å². The van der Waals surface area contributed by atoms with Crippen LogP contribution in [0.4, 0.5) is 5.82 Å². The Labute approximate surface area is 197 Å². The van der Waals surface area contributed by atoms with Crippen LogP contribution in [0.25, 0.3) is 5.76 Å². The van der Waals surface area contributed by atoms with Gasteiger partial charge in [0.2, 0.25) is 0 Å². The van der Waals surface area contributed by atoms with Crippen molar-refractivity contribution in [3.63, 3.8) is 0 Å². The number of benzene rings is 2. The van der Waals surface area contributed by atoms with Gasteiger partial charge in [0, 0.05) is 11.8 Å². The van der Waals surface area contributed by atoms with Crippen molar-refractivity contribution in [2.75, 3.05) is 18.1 Å². The number of amides is 1. The molecule has 0 bridgehead atoms. The summed E-state index contributed by atoms with van der Waals surface area (Å²) in [5.41, 5.74) is 1.02. The van der Waals surface area contributed by atoms with E-state index in [0.29, 0.717) is 41.7 Å². The summed E-state index contributed by atoms with van der Waals surface area (Å²) >= 11 is 0. The predicted octanol–water partition coefficient (Wildman–Crippen LogP) is 4.67. The summed E-state index contributed by atoms with van der Waals surface area (Å²) < 4.78 is 11.0. The molecule has 0 aliphatic carbocycles. The third-order valence-corrected chi connectivity index (χ3v) is 5.34. The number of rotatable bonds is 8. The Bertz CT molecular complexity index is 1220. The molecule has 2 heterocycles. The van der Waals surface area contributed by atoms with Gasteiger partial charge in [0.25, 0.3) is 5.78 Å². The first-order valence-electron chi connectivity index (χ1n) is 10.8. The van der Waals surface area contributed by atoms with Gasteiger partial charge in [-0.25, -0.2) is 4.98 Å². The van der Waals surface area contributed by atoms with E-state index in [1.54, 1.807) is 79.0 Å². The first-order chi connectivity index (χ1) is 16.5. The van der Waals surface area contributed by atoms with E-state index in [4.69, 9.17) is 9.47 Å². The lowest BCUT2D eigenvalue weighted by Crippen LogP contribution is -2.30. The van der Waals surface area contributed by atoms with E-state index >= 15 is 0 Å². The molecule has 0 spiro atoms. The van der Waals surface area contributed by atoms with Gasteiger partial charge in [-0.2, -0.15) is 0 Å². The minimum absolute atomic E-state index is 0.0143. The molecule has 1 N–H and O–H groups in total. The van der Waals surface area contributed by atoms with E-state index in [9.17, 15) is 14.7 Å². The topological polar surface area (TPSA) is 89.0 Å². The predicted molar refractivity (Wildman–Crippen MR) is 129 cm³/mol. The monoisotopic (exact) mass is 456 g/mol. The van der Waals surface area contributed by atoms with Crippen LogP contribution in [0, 0.1) is 0 Å². The van der Waals surface area contributed by atoms with Crippen LogP contribution in [-0.2, 0) is 9.59 Å². The zero-order valence-electron chi connectivity index (χ0n) is 18.7. The summed E-state index contributed by atoms with van der Waals surface area (Å²) in [6, 6.07) is 18.0. The minimum Gasteiger partial charge on any atom is -0.507 e. The fourth-order valence-corrected chi connectivity index (χ4v) is 3.81. The normalized spacial score (nSPS) is 17.0. The van der Waals surface area contributed by atoms with Crippen LogP contribution in [0.1, 0.15) is 24.1 Å². The lowest BCUT2D eigenvalue weighted by Gasteiger charge is -2.24. The summed E-state index contributed by atoms with van der Waals surface area (Å²) in [6.45, 7) is 6.36. The molecule has 7 nitrogen and oxygen atoms in total. The van der Waals surface area contributed by atoms with Crippen molar-refractivity contribution in [1.82, 2.24) is 4.98 Å². The molecule has 1 aromatic heterocycles. The molecule has 4 rings (SSSR count). The number of hydrogen-bond acceptors (Lipinski definition) is 6. The van der Waals surface area contributed by atoms with Crippen LogP contribution in [0.3, 0.4) is 0 Å². The number of ketones is 1. The second-order valence-electron chi connectivity index (χ2n) is 7.48. The Hall–Kier alpha value is -4.39. The van der Waals surface area contributed by atoms with E-state index in [1.165, 1.54) is 4.90 Å². The Balaban J connectivity index is 1.82. The van der Waals surface area contributed by atoms with Crippen LogP contribution in [0.5, 0.6) is 11.5 Å². The van der Waals surface area contributed by atoms with E-state index in [1.807, 2.05) is 6.92 Å². The Morgan fingerprint density at radius 1 is 1.03 bits per heavy atom. The maximum absolute atomic E-state index is 13.2. The molecule has 1 saturated heterocycles. The number of aliphatic hydroxyl groups is 1. The number of anilines is 1. The van der Waals surface area contributed by atoms with Crippen LogP contribution in [-0.4, -0.2) is 35.0 Å². The van der Waals surface area contributed by atoms with Crippen molar-refractivity contribution in [3.05, 3.63) is 102 Å². The molecular weight excluding hydrogens is 432 g/mol. The van der Waals surface area contributed by atoms with E-state index in [0.717, 1.165) is 0 Å². The molecule has 0 saturated carbocycles. The first kappa shape index (κ1) is 22.8. The summed E-state index contributed by atoms with van der Waals surface area (Å²) in [7, 11) is 0. The number of carbonyl (C=O) groups is 2. The van der Waals surface area contributed by atoms with Gasteiger partial charge >= 0.3 is 5.91 Å². The molecule has 2 aromatic carbocycles. The number of ether oxygens (including phenoxy) is 2. The van der Waals surface area contributed by atoms with Crippen molar-refractivity contribution in [3.8, 4) is 11.5 Å². The van der Waals surface area contributed by atoms with Crippen molar-refractivity contribution >= 4 is 23.3 Å². The quantitative estimate of drug-likeness (QED) is 0.229. The third-order valence-electron chi connectivity index (χ3n) is 5.34. The molecule has 1 aliphatic heterocycles. The van der Waals surface area contributed by atoms with Crippen molar-refractivity contribution < 1.29 is 24.2 Å². The third kappa shape index (κ3) is 4.41. The Morgan fingerprint density at radius 3 is 2.32 bits per heavy atom. The van der Waals surface area contributed by atoms with Crippen LogP contribution in [0.2, 0.25) is 0 Å². The maximum atomic E-state index is 13.2. The van der Waals surface area contributed by atoms with Gasteiger partial charge in [-0.1, -0.05) is 30.9 Å². The second kappa shape index (κ2) is 10.0. The molecule has 1 fully saturated rings. The molecule has 1 amide bonds. The molecule has 34 heavy (non-hydrogen) atoms. The lowest BCUT2D eigenvalue weighted by atomic mass is 9.95. The highest BCUT2D eigenvalue weighted by molar-refractivity contribution is 6.51. The standard InChI is InChI=1S/C27H24N2O5/c1-3-17-34-21-14-10-19(11-15-21)25(30)23-24(18-8-12-20(13-9-18)33-4-2)29(27(32)26(23)31)22-7-5-6-16-28-22/h3,5-16,24,30H,1,4,17H2,2H3/b25-23+. The fraction of sp³-hybridized carbons (Fsp3) is 0.148. The second-order valence-corrected chi connectivity index (χ2v) is 7.48. The number of hydrogen-bond donors (Lipinski definition) is 1. The number of Topliss-reactive ketones (excluding diaryl/α,β-unsaturated/α-hetero) is 1. The lowest BCUT2D eigenvalue weighted by molar-refractivity contribution is -0.132. The average Bonchev–Trinajstić information content (AvgIpc) is 3.14. The van der Waals surface area contributed by atoms with Gasteiger partial charge in [0.05, 0.1) is 18.2 Å². The summed E-state index contributed by atoms with van der Waals surface area (Å²) in [4.78, 5) is 31.9. The summed E-state index contributed by atoms with van der Waals surface area (Å²) in [6.07, 6.45) is 3.18. The van der Waals surface area contributed by atoms with E-state index in [2.05, 4.69) is 11.6 Å². The van der Waals surface area contributed by atoms with Crippen molar-refractivity contribution in [2.24, 2.45) is 0 Å². The maximum Gasteiger partial charge on any atom is 0.301 e. The number of carbonyl (C=O) groups excluding carboxylic acids is 2. The molecule has 0 radical (unpaired) electrons. The summed E-state index contributed by atoms with van der Waals surface area (Å²) in [5, 5.41) is 11.2. The molecule has 3 aromatic rings. The van der Waals surface area contributed by atoms with Crippen molar-refractivity contribution in [1.29, 1.82) is 0 Å². The Kier molecular flexibility index (Phi) is 6.73. The first-order valence-corrected chi connectivity index (χ1v) is 10.8. The zero-order valence-corrected chi connectivity index (χ0v) is 18.7. The number of aliphatic hydroxyl groups excluding tert-OH is 1. The molecule has 1 aliphatic rings.